The van der Waals surface area contributed by atoms with Gasteiger partial charge in [0.25, 0.3) is 0 Å². The third-order valence-electron chi connectivity index (χ3n) is 7.29. The second-order valence-corrected chi connectivity index (χ2v) is 10.7. The number of nitrogens with zero attached hydrogens (tertiary/aromatic N) is 4. The number of tetrazole rings is 1. The van der Waals surface area contributed by atoms with Gasteiger partial charge >= 0.3 is 0 Å². The molecule has 0 radical (unpaired) electrons. The van der Waals surface area contributed by atoms with Crippen molar-refractivity contribution in [3.05, 3.63) is 78.1 Å². The zero-order valence-corrected chi connectivity index (χ0v) is 22.5. The summed E-state index contributed by atoms with van der Waals surface area (Å²) < 4.78 is 14.3. The number of halogens is 1. The molecule has 1 saturated carbocycles. The number of hydrogen-bond acceptors (Lipinski definition) is 5. The van der Waals surface area contributed by atoms with Gasteiger partial charge in [0.2, 0.25) is 11.7 Å². The number of H-pyrrole nitrogens is 1. The molecule has 1 aromatic heterocycles. The van der Waals surface area contributed by atoms with Crippen LogP contribution in [0.2, 0.25) is 0 Å². The first kappa shape index (κ1) is 26.5. The van der Waals surface area contributed by atoms with Crippen LogP contribution in [0.4, 0.5) is 15.8 Å². The van der Waals surface area contributed by atoms with E-state index in [4.69, 9.17) is 0 Å². The van der Waals surface area contributed by atoms with E-state index in [0.29, 0.717) is 23.3 Å². The van der Waals surface area contributed by atoms with Gasteiger partial charge in [0, 0.05) is 18.2 Å². The van der Waals surface area contributed by atoms with Crippen molar-refractivity contribution in [3.8, 4) is 22.5 Å². The van der Waals surface area contributed by atoms with Crippen molar-refractivity contribution in [1.82, 2.24) is 20.6 Å². The summed E-state index contributed by atoms with van der Waals surface area (Å²) in [4.78, 5) is 15.7. The van der Waals surface area contributed by atoms with E-state index in [9.17, 15) is 9.18 Å². The maximum atomic E-state index is 14.3. The highest BCUT2D eigenvalue weighted by atomic mass is 19.1. The third-order valence-corrected chi connectivity index (χ3v) is 7.29. The van der Waals surface area contributed by atoms with Crippen LogP contribution in [0.25, 0.3) is 22.5 Å². The molecule has 7 nitrogen and oxygen atoms in total. The zero-order valence-electron chi connectivity index (χ0n) is 22.5. The van der Waals surface area contributed by atoms with Gasteiger partial charge in [0.15, 0.2) is 0 Å². The van der Waals surface area contributed by atoms with E-state index >= 15 is 0 Å². The fourth-order valence-corrected chi connectivity index (χ4v) is 5.50. The van der Waals surface area contributed by atoms with E-state index in [0.717, 1.165) is 47.5 Å². The molecule has 5 rings (SSSR count). The largest absolute Gasteiger partial charge is 0.367 e. The fraction of sp³-hybridized carbons (Fsp3) is 0.355. The number of nitrogens with one attached hydrogen (secondary N) is 2. The van der Waals surface area contributed by atoms with Gasteiger partial charge in [-0.3, -0.25) is 4.79 Å². The van der Waals surface area contributed by atoms with Crippen LogP contribution in [0.5, 0.6) is 0 Å². The van der Waals surface area contributed by atoms with Crippen LogP contribution in [0, 0.1) is 11.7 Å². The molecular formula is C31H35FN6O. The Kier molecular flexibility index (Phi) is 8.30. The van der Waals surface area contributed by atoms with Crippen LogP contribution < -0.4 is 10.2 Å². The van der Waals surface area contributed by atoms with Crippen molar-refractivity contribution in [2.45, 2.75) is 58.4 Å². The molecule has 0 unspecified atom stereocenters. The van der Waals surface area contributed by atoms with Crippen molar-refractivity contribution in [2.75, 3.05) is 16.8 Å². The van der Waals surface area contributed by atoms with E-state index in [-0.39, 0.29) is 18.1 Å². The molecule has 4 aromatic rings. The molecule has 3 aromatic carbocycles. The first-order valence-electron chi connectivity index (χ1n) is 13.8. The number of aromatic nitrogens is 4. The molecule has 0 atom stereocenters. The van der Waals surface area contributed by atoms with Crippen molar-refractivity contribution < 1.29 is 9.18 Å². The van der Waals surface area contributed by atoms with E-state index in [1.807, 2.05) is 30.3 Å². The highest BCUT2D eigenvalue weighted by molar-refractivity contribution is 5.97. The van der Waals surface area contributed by atoms with Crippen LogP contribution in [0.15, 0.2) is 66.7 Å². The molecule has 202 valence electrons. The molecule has 2 N–H and O–H groups in total. The summed E-state index contributed by atoms with van der Waals surface area (Å²) in [5.74, 6) is 0.327. The standard InChI is InChI=1S/C31H35FN6O/c1-21(2)20-38(24-11-4-3-5-12-24)29-17-16-22(25-13-7-8-14-26(25)31-34-36-37-35-31)18-28(29)33-30(39)19-23-10-6-9-15-27(23)32/h6-10,13-18,21,24H,3-5,11-12,19-20H2,1-2H3,(H,33,39)(H,34,35,36,37). The number of anilines is 2. The number of benzene rings is 3. The highest BCUT2D eigenvalue weighted by Gasteiger charge is 2.25. The predicted octanol–water partition coefficient (Wildman–Crippen LogP) is 6.65. The lowest BCUT2D eigenvalue weighted by Crippen LogP contribution is -2.40. The summed E-state index contributed by atoms with van der Waals surface area (Å²) in [5, 5.41) is 17.8. The number of carbonyl (C=O) groups excluding carboxylic acids is 1. The Morgan fingerprint density at radius 2 is 1.77 bits per heavy atom. The second-order valence-electron chi connectivity index (χ2n) is 10.7. The fourth-order valence-electron chi connectivity index (χ4n) is 5.50. The van der Waals surface area contributed by atoms with Crippen molar-refractivity contribution in [2.24, 2.45) is 5.92 Å². The number of amides is 1. The molecule has 0 aliphatic heterocycles. The average Bonchev–Trinajstić information content (AvgIpc) is 3.49. The average molecular weight is 527 g/mol. The van der Waals surface area contributed by atoms with Gasteiger partial charge in [0.05, 0.1) is 17.8 Å². The summed E-state index contributed by atoms with van der Waals surface area (Å²) in [6, 6.07) is 20.9. The molecule has 0 bridgehead atoms. The van der Waals surface area contributed by atoms with Gasteiger partial charge in [-0.1, -0.05) is 81.6 Å². The quantitative estimate of drug-likeness (QED) is 0.255. The number of hydrogen-bond donors (Lipinski definition) is 2. The molecular weight excluding hydrogens is 491 g/mol. The minimum absolute atomic E-state index is 0.0383. The predicted molar refractivity (Wildman–Crippen MR) is 153 cm³/mol. The van der Waals surface area contributed by atoms with Gasteiger partial charge in [-0.05, 0) is 58.9 Å². The Balaban J connectivity index is 1.55. The molecule has 1 aliphatic rings. The van der Waals surface area contributed by atoms with Gasteiger partial charge in [-0.25, -0.2) is 4.39 Å². The normalized spacial score (nSPS) is 13.9. The SMILES string of the molecule is CC(C)CN(c1ccc(-c2ccccc2-c2nn[nH]n2)cc1NC(=O)Cc1ccccc1F)C1CCCCC1. The summed E-state index contributed by atoms with van der Waals surface area (Å²) in [6.07, 6.45) is 5.93. The van der Waals surface area contributed by atoms with E-state index in [2.05, 4.69) is 56.8 Å². The van der Waals surface area contributed by atoms with Crippen LogP contribution >= 0.6 is 0 Å². The summed E-state index contributed by atoms with van der Waals surface area (Å²) in [7, 11) is 0. The highest BCUT2D eigenvalue weighted by Crippen LogP contribution is 2.38. The van der Waals surface area contributed by atoms with Crippen molar-refractivity contribution >= 4 is 17.3 Å². The maximum Gasteiger partial charge on any atom is 0.228 e. The molecule has 1 fully saturated rings. The monoisotopic (exact) mass is 526 g/mol. The minimum atomic E-state index is -0.376. The summed E-state index contributed by atoms with van der Waals surface area (Å²) in [6.45, 7) is 5.34. The lowest BCUT2D eigenvalue weighted by atomic mass is 9.92. The van der Waals surface area contributed by atoms with Crippen molar-refractivity contribution in [1.29, 1.82) is 0 Å². The van der Waals surface area contributed by atoms with Crippen LogP contribution in [0.3, 0.4) is 0 Å². The Morgan fingerprint density at radius 1 is 1.03 bits per heavy atom. The number of aromatic amines is 1. The Labute approximate surface area is 228 Å². The Bertz CT molecular complexity index is 1400. The van der Waals surface area contributed by atoms with Crippen LogP contribution in [0.1, 0.15) is 51.5 Å². The second kappa shape index (κ2) is 12.2. The molecule has 0 spiro atoms. The Morgan fingerprint density at radius 3 is 2.49 bits per heavy atom. The van der Waals surface area contributed by atoms with Crippen LogP contribution in [-0.2, 0) is 11.2 Å². The molecule has 1 heterocycles. The van der Waals surface area contributed by atoms with Crippen LogP contribution in [-0.4, -0.2) is 39.1 Å². The van der Waals surface area contributed by atoms with E-state index < -0.39 is 0 Å². The lowest BCUT2D eigenvalue weighted by Gasteiger charge is -2.38. The first-order valence-corrected chi connectivity index (χ1v) is 13.8. The van der Waals surface area contributed by atoms with Gasteiger partial charge in [-0.15, -0.1) is 10.2 Å². The van der Waals surface area contributed by atoms with Gasteiger partial charge < -0.3 is 10.2 Å². The van der Waals surface area contributed by atoms with E-state index in [1.165, 1.54) is 25.3 Å². The smallest absolute Gasteiger partial charge is 0.228 e. The molecule has 1 aliphatic carbocycles. The Hall–Kier alpha value is -4.07. The van der Waals surface area contributed by atoms with E-state index in [1.54, 1.807) is 18.2 Å². The molecule has 0 saturated heterocycles. The molecule has 39 heavy (non-hydrogen) atoms. The third kappa shape index (κ3) is 6.33. The first-order chi connectivity index (χ1) is 19.0. The molecule has 8 heteroatoms. The summed E-state index contributed by atoms with van der Waals surface area (Å²) >= 11 is 0. The summed E-state index contributed by atoms with van der Waals surface area (Å²) in [5.41, 5.74) is 4.80. The molecule has 1 amide bonds. The minimum Gasteiger partial charge on any atom is -0.367 e. The van der Waals surface area contributed by atoms with Crippen molar-refractivity contribution in [3.63, 3.8) is 0 Å². The number of carbonyl (C=O) groups is 1. The topological polar surface area (TPSA) is 86.8 Å². The maximum absolute atomic E-state index is 14.3. The number of rotatable bonds is 9. The van der Waals surface area contributed by atoms with Gasteiger partial charge in [-0.2, -0.15) is 5.21 Å². The lowest BCUT2D eigenvalue weighted by molar-refractivity contribution is -0.115. The zero-order chi connectivity index (χ0) is 27.2. The van der Waals surface area contributed by atoms with Gasteiger partial charge in [0.1, 0.15) is 5.82 Å².